The average molecular weight is 390 g/mol. The Hall–Kier alpha value is -3.90. The van der Waals surface area contributed by atoms with Crippen LogP contribution < -0.4 is 5.73 Å². The molecule has 0 aliphatic heterocycles. The molecule has 4 aromatic rings. The molecule has 0 aliphatic rings. The van der Waals surface area contributed by atoms with Gasteiger partial charge in [-0.25, -0.2) is 4.98 Å². The largest absolute Gasteiger partial charge is 0.383 e. The number of hydrogen-bond acceptors (Lipinski definition) is 3. The smallest absolute Gasteiger partial charge is 0.142 e. The van der Waals surface area contributed by atoms with Gasteiger partial charge in [0, 0.05) is 11.1 Å². The van der Waals surface area contributed by atoms with E-state index in [0.29, 0.717) is 5.56 Å². The quantitative estimate of drug-likeness (QED) is 0.424. The standard InChI is InChI=1S/C27H23N3/c1-2-6-19-9-11-23(12-10-19)26-17-24(25(18-28)27(29)30-26)22-15-13-21(14-16-22)20-7-4-3-5-8-20/h3-5,7-17H,2,6H2,1H3,(H2,29,30). The summed E-state index contributed by atoms with van der Waals surface area (Å²) in [5.74, 6) is 0.259. The highest BCUT2D eigenvalue weighted by Crippen LogP contribution is 2.32. The monoisotopic (exact) mass is 389 g/mol. The minimum absolute atomic E-state index is 0.259. The fraction of sp³-hybridized carbons (Fsp3) is 0.111. The lowest BCUT2D eigenvalue weighted by atomic mass is 9.96. The maximum absolute atomic E-state index is 9.68. The number of benzene rings is 3. The zero-order valence-electron chi connectivity index (χ0n) is 17.0. The summed E-state index contributed by atoms with van der Waals surface area (Å²) in [5, 5.41) is 9.68. The number of aryl methyl sites for hydroxylation is 1. The molecule has 0 radical (unpaired) electrons. The highest BCUT2D eigenvalue weighted by atomic mass is 14.8. The van der Waals surface area contributed by atoms with Crippen LogP contribution in [0.4, 0.5) is 5.82 Å². The molecule has 1 aromatic heterocycles. The van der Waals surface area contributed by atoms with Crippen LogP contribution in [0.25, 0.3) is 33.5 Å². The van der Waals surface area contributed by atoms with E-state index in [0.717, 1.165) is 46.4 Å². The molecule has 3 nitrogen and oxygen atoms in total. The van der Waals surface area contributed by atoms with Crippen LogP contribution in [0.2, 0.25) is 0 Å². The summed E-state index contributed by atoms with van der Waals surface area (Å²) in [6.45, 7) is 2.17. The van der Waals surface area contributed by atoms with Crippen molar-refractivity contribution in [3.63, 3.8) is 0 Å². The molecule has 0 amide bonds. The SMILES string of the molecule is CCCc1ccc(-c2cc(-c3ccc(-c4ccccc4)cc3)c(C#N)c(N)n2)cc1. The van der Waals surface area contributed by atoms with Crippen molar-refractivity contribution >= 4 is 5.82 Å². The summed E-state index contributed by atoms with van der Waals surface area (Å²) < 4.78 is 0. The fourth-order valence-corrected chi connectivity index (χ4v) is 3.66. The molecule has 30 heavy (non-hydrogen) atoms. The van der Waals surface area contributed by atoms with Gasteiger partial charge in [0.1, 0.15) is 17.5 Å². The number of anilines is 1. The van der Waals surface area contributed by atoms with E-state index in [1.165, 1.54) is 5.56 Å². The number of nitrogens with two attached hydrogens (primary N) is 1. The molecule has 0 saturated carbocycles. The maximum atomic E-state index is 9.68. The summed E-state index contributed by atoms with van der Waals surface area (Å²) in [7, 11) is 0. The molecule has 0 fully saturated rings. The lowest BCUT2D eigenvalue weighted by molar-refractivity contribution is 0.922. The van der Waals surface area contributed by atoms with Crippen LogP contribution in [-0.4, -0.2) is 4.98 Å². The van der Waals surface area contributed by atoms with E-state index in [2.05, 4.69) is 66.5 Å². The van der Waals surface area contributed by atoms with Crippen molar-refractivity contribution in [3.8, 4) is 39.6 Å². The predicted molar refractivity (Wildman–Crippen MR) is 124 cm³/mol. The van der Waals surface area contributed by atoms with Gasteiger partial charge >= 0.3 is 0 Å². The van der Waals surface area contributed by atoms with Crippen molar-refractivity contribution in [2.45, 2.75) is 19.8 Å². The molecule has 0 saturated heterocycles. The van der Waals surface area contributed by atoms with Gasteiger partial charge in [0.15, 0.2) is 0 Å². The lowest BCUT2D eigenvalue weighted by Gasteiger charge is -2.11. The van der Waals surface area contributed by atoms with Crippen LogP contribution in [0.15, 0.2) is 84.9 Å². The molecule has 0 aliphatic carbocycles. The number of aromatic nitrogens is 1. The van der Waals surface area contributed by atoms with Crippen molar-refractivity contribution in [3.05, 3.63) is 96.1 Å². The zero-order valence-corrected chi connectivity index (χ0v) is 17.0. The molecule has 1 heterocycles. The minimum Gasteiger partial charge on any atom is -0.383 e. The summed E-state index contributed by atoms with van der Waals surface area (Å²) >= 11 is 0. The van der Waals surface area contributed by atoms with Crippen LogP contribution in [0.5, 0.6) is 0 Å². The number of pyridine rings is 1. The number of nitrogen functional groups attached to an aromatic ring is 1. The Balaban J connectivity index is 1.75. The van der Waals surface area contributed by atoms with Gasteiger partial charge in [0.05, 0.1) is 5.69 Å². The van der Waals surface area contributed by atoms with E-state index < -0.39 is 0 Å². The van der Waals surface area contributed by atoms with Crippen molar-refractivity contribution in [2.24, 2.45) is 0 Å². The fourth-order valence-electron chi connectivity index (χ4n) is 3.66. The predicted octanol–water partition coefficient (Wildman–Crippen LogP) is 6.49. The van der Waals surface area contributed by atoms with Crippen LogP contribution in [0, 0.1) is 11.3 Å². The Bertz CT molecular complexity index is 1190. The van der Waals surface area contributed by atoms with Gasteiger partial charge < -0.3 is 5.73 Å². The van der Waals surface area contributed by atoms with Gasteiger partial charge in [-0.05, 0) is 34.7 Å². The Morgan fingerprint density at radius 1 is 0.800 bits per heavy atom. The van der Waals surface area contributed by atoms with Gasteiger partial charge in [-0.3, -0.25) is 0 Å². The summed E-state index contributed by atoms with van der Waals surface area (Å²) in [6.07, 6.45) is 2.17. The van der Waals surface area contributed by atoms with E-state index in [1.54, 1.807) is 0 Å². The van der Waals surface area contributed by atoms with Gasteiger partial charge in [0.25, 0.3) is 0 Å². The van der Waals surface area contributed by atoms with Gasteiger partial charge in [-0.15, -0.1) is 0 Å². The molecule has 3 heteroatoms. The highest BCUT2D eigenvalue weighted by molar-refractivity contribution is 5.81. The number of nitriles is 1. The van der Waals surface area contributed by atoms with Crippen molar-refractivity contribution in [1.82, 2.24) is 4.98 Å². The van der Waals surface area contributed by atoms with Crippen LogP contribution in [0.3, 0.4) is 0 Å². The Morgan fingerprint density at radius 2 is 1.40 bits per heavy atom. The third kappa shape index (κ3) is 3.94. The Morgan fingerprint density at radius 3 is 2.03 bits per heavy atom. The summed E-state index contributed by atoms with van der Waals surface area (Å²) in [5.41, 5.74) is 13.7. The summed E-state index contributed by atoms with van der Waals surface area (Å²) in [4.78, 5) is 4.50. The Kier molecular flexibility index (Phi) is 5.59. The molecule has 146 valence electrons. The topological polar surface area (TPSA) is 62.7 Å². The summed E-state index contributed by atoms with van der Waals surface area (Å²) in [6, 6.07) is 31.0. The third-order valence-electron chi connectivity index (χ3n) is 5.25. The second kappa shape index (κ2) is 8.63. The minimum atomic E-state index is 0.259. The maximum Gasteiger partial charge on any atom is 0.142 e. The normalized spacial score (nSPS) is 10.5. The van der Waals surface area contributed by atoms with E-state index in [1.807, 2.05) is 36.4 Å². The number of nitrogens with zero attached hydrogens (tertiary/aromatic N) is 2. The first-order valence-electron chi connectivity index (χ1n) is 10.2. The molecule has 0 bridgehead atoms. The first-order chi connectivity index (χ1) is 14.7. The molecule has 2 N–H and O–H groups in total. The van der Waals surface area contributed by atoms with Gasteiger partial charge in [-0.1, -0.05) is 92.2 Å². The van der Waals surface area contributed by atoms with Gasteiger partial charge in [0.2, 0.25) is 0 Å². The van der Waals surface area contributed by atoms with Crippen molar-refractivity contribution in [1.29, 1.82) is 5.26 Å². The molecule has 4 rings (SSSR count). The van der Waals surface area contributed by atoms with E-state index in [-0.39, 0.29) is 5.82 Å². The molecule has 0 spiro atoms. The second-order valence-electron chi connectivity index (χ2n) is 7.32. The zero-order chi connectivity index (χ0) is 20.9. The van der Waals surface area contributed by atoms with Crippen LogP contribution in [0.1, 0.15) is 24.5 Å². The van der Waals surface area contributed by atoms with E-state index in [9.17, 15) is 5.26 Å². The van der Waals surface area contributed by atoms with E-state index >= 15 is 0 Å². The number of hydrogen-bond donors (Lipinski definition) is 1. The van der Waals surface area contributed by atoms with Crippen LogP contribution >= 0.6 is 0 Å². The highest BCUT2D eigenvalue weighted by Gasteiger charge is 2.13. The van der Waals surface area contributed by atoms with Crippen molar-refractivity contribution < 1.29 is 0 Å². The molecule has 0 atom stereocenters. The second-order valence-corrected chi connectivity index (χ2v) is 7.32. The number of rotatable bonds is 5. The first-order valence-corrected chi connectivity index (χ1v) is 10.2. The molecule has 0 unspecified atom stereocenters. The van der Waals surface area contributed by atoms with Gasteiger partial charge in [-0.2, -0.15) is 5.26 Å². The third-order valence-corrected chi connectivity index (χ3v) is 5.25. The van der Waals surface area contributed by atoms with Crippen molar-refractivity contribution in [2.75, 3.05) is 5.73 Å². The lowest BCUT2D eigenvalue weighted by Crippen LogP contribution is -2.00. The molecule has 3 aromatic carbocycles. The average Bonchev–Trinajstić information content (AvgIpc) is 2.80. The first kappa shape index (κ1) is 19.4. The van der Waals surface area contributed by atoms with Crippen LogP contribution in [-0.2, 0) is 6.42 Å². The Labute approximate surface area is 177 Å². The molecular formula is C27H23N3. The van der Waals surface area contributed by atoms with E-state index in [4.69, 9.17) is 5.73 Å². The molecular weight excluding hydrogens is 366 g/mol.